The summed E-state index contributed by atoms with van der Waals surface area (Å²) in [5, 5.41) is 8.25. The van der Waals surface area contributed by atoms with Crippen LogP contribution in [0.5, 0.6) is 11.5 Å². The first-order chi connectivity index (χ1) is 12.8. The molecule has 0 saturated heterocycles. The molecule has 0 aliphatic rings. The minimum absolute atomic E-state index is 0.312. The fourth-order valence-corrected chi connectivity index (χ4v) is 2.77. The molecular formula is C20H23N5O2. The van der Waals surface area contributed by atoms with Crippen LogP contribution >= 0.6 is 0 Å². The van der Waals surface area contributed by atoms with Crippen molar-refractivity contribution in [1.29, 1.82) is 5.41 Å². The molecule has 0 aliphatic carbocycles. The van der Waals surface area contributed by atoms with Gasteiger partial charge in [0.2, 0.25) is 0 Å². The average molecular weight is 365 g/mol. The van der Waals surface area contributed by atoms with Crippen LogP contribution < -0.4 is 10.5 Å². The Morgan fingerprint density at radius 1 is 1.15 bits per heavy atom. The lowest BCUT2D eigenvalue weighted by atomic mass is 10.2. The number of aromatic nitrogens is 1. The summed E-state index contributed by atoms with van der Waals surface area (Å²) in [6.07, 6.45) is 0. The summed E-state index contributed by atoms with van der Waals surface area (Å²) in [6.45, 7) is 0.863. The van der Waals surface area contributed by atoms with Crippen LogP contribution in [0.2, 0.25) is 0 Å². The maximum atomic E-state index is 12.4. The summed E-state index contributed by atoms with van der Waals surface area (Å²) in [7, 11) is 5.51. The van der Waals surface area contributed by atoms with Gasteiger partial charge in [-0.2, -0.15) is 0 Å². The normalized spacial score (nSPS) is 11.0. The van der Waals surface area contributed by atoms with Gasteiger partial charge in [0.15, 0.2) is 11.7 Å². The van der Waals surface area contributed by atoms with E-state index >= 15 is 0 Å². The molecule has 3 aromatic rings. The Kier molecular flexibility index (Phi) is 5.14. The van der Waals surface area contributed by atoms with Crippen LogP contribution in [0.15, 0.2) is 48.5 Å². The van der Waals surface area contributed by atoms with E-state index in [0.29, 0.717) is 17.2 Å². The van der Waals surface area contributed by atoms with Gasteiger partial charge in [0, 0.05) is 19.0 Å². The maximum Gasteiger partial charge on any atom is 0.276 e. The van der Waals surface area contributed by atoms with E-state index in [9.17, 15) is 4.79 Å². The van der Waals surface area contributed by atoms with Crippen molar-refractivity contribution < 1.29 is 9.53 Å². The molecule has 0 aliphatic heterocycles. The van der Waals surface area contributed by atoms with Gasteiger partial charge >= 0.3 is 0 Å². The molecule has 27 heavy (non-hydrogen) atoms. The van der Waals surface area contributed by atoms with Gasteiger partial charge < -0.3 is 20.4 Å². The predicted molar refractivity (Wildman–Crippen MR) is 106 cm³/mol. The SMILES string of the molecule is CN(C)Cc1ccc(Oc2cccc3cc(C(=O)N(C)C(=N)N)[nH]c23)cc1. The number of rotatable bonds is 5. The minimum atomic E-state index is -0.377. The third-order valence-corrected chi connectivity index (χ3v) is 4.16. The summed E-state index contributed by atoms with van der Waals surface area (Å²) in [6, 6.07) is 15.2. The monoisotopic (exact) mass is 365 g/mol. The van der Waals surface area contributed by atoms with Crippen LogP contribution in [0, 0.1) is 5.41 Å². The van der Waals surface area contributed by atoms with Gasteiger partial charge in [0.25, 0.3) is 5.91 Å². The van der Waals surface area contributed by atoms with E-state index in [2.05, 4.69) is 9.88 Å². The zero-order chi connectivity index (χ0) is 19.6. The number of benzene rings is 2. The van der Waals surface area contributed by atoms with Crippen LogP contribution in [0.1, 0.15) is 16.1 Å². The molecule has 2 aromatic carbocycles. The second kappa shape index (κ2) is 7.51. The van der Waals surface area contributed by atoms with Gasteiger partial charge in [0.05, 0.1) is 5.52 Å². The highest BCUT2D eigenvalue weighted by Crippen LogP contribution is 2.30. The minimum Gasteiger partial charge on any atom is -0.455 e. The standard InChI is InChI=1S/C20H23N5O2/c1-24(2)12-13-7-9-15(10-8-13)27-17-6-4-5-14-11-16(23-18(14)17)19(26)25(3)20(21)22/h4-11,23H,12H2,1-3H3,(H3,21,22). The Morgan fingerprint density at radius 3 is 2.48 bits per heavy atom. The van der Waals surface area contributed by atoms with Crippen molar-refractivity contribution in [2.24, 2.45) is 5.73 Å². The van der Waals surface area contributed by atoms with Gasteiger partial charge in [-0.05, 0) is 43.9 Å². The molecule has 1 amide bonds. The van der Waals surface area contributed by atoms with Crippen LogP contribution in [-0.2, 0) is 6.54 Å². The van der Waals surface area contributed by atoms with E-state index < -0.39 is 0 Å². The molecule has 1 heterocycles. The second-order valence-electron chi connectivity index (χ2n) is 6.64. The molecule has 0 saturated carbocycles. The van der Waals surface area contributed by atoms with E-state index in [4.69, 9.17) is 15.9 Å². The lowest BCUT2D eigenvalue weighted by Gasteiger charge is -2.13. The lowest BCUT2D eigenvalue weighted by molar-refractivity contribution is 0.0864. The molecule has 0 atom stereocenters. The molecule has 7 heteroatoms. The van der Waals surface area contributed by atoms with E-state index in [0.717, 1.165) is 22.3 Å². The Bertz CT molecular complexity index is 976. The number of aromatic amines is 1. The summed E-state index contributed by atoms with van der Waals surface area (Å²) >= 11 is 0. The van der Waals surface area contributed by atoms with Crippen molar-refractivity contribution in [2.75, 3.05) is 21.1 Å². The first-order valence-electron chi connectivity index (χ1n) is 8.50. The number of hydrogen-bond acceptors (Lipinski definition) is 4. The number of para-hydroxylation sites is 1. The Labute approximate surface area is 157 Å². The molecule has 140 valence electrons. The topological polar surface area (TPSA) is 98.4 Å². The van der Waals surface area contributed by atoms with Gasteiger partial charge in [-0.1, -0.05) is 24.3 Å². The second-order valence-corrected chi connectivity index (χ2v) is 6.64. The van der Waals surface area contributed by atoms with Crippen LogP contribution in [-0.4, -0.2) is 47.8 Å². The molecule has 4 N–H and O–H groups in total. The number of guanidine groups is 1. The summed E-state index contributed by atoms with van der Waals surface area (Å²) < 4.78 is 6.02. The zero-order valence-corrected chi connectivity index (χ0v) is 15.6. The molecule has 0 fully saturated rings. The van der Waals surface area contributed by atoms with Crippen molar-refractivity contribution in [3.63, 3.8) is 0 Å². The van der Waals surface area contributed by atoms with E-state index in [-0.39, 0.29) is 11.9 Å². The van der Waals surface area contributed by atoms with Gasteiger partial charge in [-0.15, -0.1) is 0 Å². The quantitative estimate of drug-likeness (QED) is 0.478. The fraction of sp³-hybridized carbons (Fsp3) is 0.200. The highest BCUT2D eigenvalue weighted by molar-refractivity contribution is 6.06. The number of nitrogens with two attached hydrogens (primary N) is 1. The smallest absolute Gasteiger partial charge is 0.276 e. The molecular weight excluding hydrogens is 342 g/mol. The van der Waals surface area contributed by atoms with Crippen LogP contribution in [0.25, 0.3) is 10.9 Å². The number of ether oxygens (including phenoxy) is 1. The van der Waals surface area contributed by atoms with Gasteiger partial charge in [-0.3, -0.25) is 15.1 Å². The van der Waals surface area contributed by atoms with E-state index in [1.54, 1.807) is 6.07 Å². The van der Waals surface area contributed by atoms with Gasteiger partial charge in [-0.25, -0.2) is 0 Å². The molecule has 3 rings (SSSR count). The fourth-order valence-electron chi connectivity index (χ4n) is 2.77. The number of amides is 1. The first kappa shape index (κ1) is 18.5. The molecule has 1 aromatic heterocycles. The maximum absolute atomic E-state index is 12.4. The Hall–Kier alpha value is -3.32. The Morgan fingerprint density at radius 2 is 1.85 bits per heavy atom. The van der Waals surface area contributed by atoms with Crippen molar-refractivity contribution in [3.05, 3.63) is 59.8 Å². The lowest BCUT2D eigenvalue weighted by Crippen LogP contribution is -2.38. The van der Waals surface area contributed by atoms with Gasteiger partial charge in [0.1, 0.15) is 11.4 Å². The van der Waals surface area contributed by atoms with E-state index in [1.165, 1.54) is 12.6 Å². The number of H-pyrrole nitrogens is 1. The summed E-state index contributed by atoms with van der Waals surface area (Å²) in [5.74, 6) is 0.649. The third kappa shape index (κ3) is 4.09. The number of fused-ring (bicyclic) bond motifs is 1. The molecule has 7 nitrogen and oxygen atoms in total. The third-order valence-electron chi connectivity index (χ3n) is 4.16. The highest BCUT2D eigenvalue weighted by Gasteiger charge is 2.17. The molecule has 0 bridgehead atoms. The van der Waals surface area contributed by atoms with Crippen molar-refractivity contribution >= 4 is 22.8 Å². The summed E-state index contributed by atoms with van der Waals surface area (Å²) in [5.41, 5.74) is 7.65. The average Bonchev–Trinajstić information content (AvgIpc) is 3.07. The van der Waals surface area contributed by atoms with Crippen LogP contribution in [0.4, 0.5) is 0 Å². The number of carbonyl (C=O) groups excluding carboxylic acids is 1. The van der Waals surface area contributed by atoms with E-state index in [1.807, 2.05) is 56.6 Å². The number of nitrogens with one attached hydrogen (secondary N) is 2. The predicted octanol–water partition coefficient (Wildman–Crippen LogP) is 2.99. The number of nitrogens with zero attached hydrogens (tertiary/aromatic N) is 2. The number of carbonyl (C=O) groups is 1. The molecule has 0 radical (unpaired) electrons. The van der Waals surface area contributed by atoms with Crippen LogP contribution in [0.3, 0.4) is 0 Å². The summed E-state index contributed by atoms with van der Waals surface area (Å²) in [4.78, 5) is 18.6. The zero-order valence-electron chi connectivity index (χ0n) is 15.6. The van der Waals surface area contributed by atoms with Crippen molar-refractivity contribution in [2.45, 2.75) is 6.54 Å². The highest BCUT2D eigenvalue weighted by atomic mass is 16.5. The molecule has 0 spiro atoms. The van der Waals surface area contributed by atoms with Crippen molar-refractivity contribution in [3.8, 4) is 11.5 Å². The first-order valence-corrected chi connectivity index (χ1v) is 8.50. The Balaban J connectivity index is 1.87. The van der Waals surface area contributed by atoms with Crippen molar-refractivity contribution in [1.82, 2.24) is 14.8 Å². The largest absolute Gasteiger partial charge is 0.455 e. The molecule has 0 unspecified atom stereocenters. The number of hydrogen-bond donors (Lipinski definition) is 3.